The second kappa shape index (κ2) is 8.40. The van der Waals surface area contributed by atoms with E-state index in [0.717, 1.165) is 32.1 Å². The molecule has 4 rings (SSSR count). The number of amides is 2. The molecule has 1 aliphatic heterocycles. The molecule has 2 aliphatic rings. The average molecular weight is 426 g/mol. The first-order valence-corrected chi connectivity index (χ1v) is 10.3. The summed E-state index contributed by atoms with van der Waals surface area (Å²) in [7, 11) is 0. The minimum Gasteiger partial charge on any atom is -0.454 e. The van der Waals surface area contributed by atoms with Gasteiger partial charge in [-0.1, -0.05) is 30.9 Å². The summed E-state index contributed by atoms with van der Waals surface area (Å²) < 4.78 is 5.11. The molecule has 2 aromatic rings. The Bertz CT molecular complexity index is 1020. The molecule has 6 nitrogen and oxygen atoms in total. The lowest BCUT2D eigenvalue weighted by atomic mass is 9.94. The van der Waals surface area contributed by atoms with Crippen LogP contribution in [0.25, 0.3) is 0 Å². The number of Topliss-reactive ketones (excluding diaryl/α,β-unsaturated/α-hetero) is 1. The summed E-state index contributed by atoms with van der Waals surface area (Å²) in [6, 6.07) is 10.5. The van der Waals surface area contributed by atoms with E-state index >= 15 is 0 Å². The van der Waals surface area contributed by atoms with Crippen molar-refractivity contribution in [3.63, 3.8) is 0 Å². The fraction of sp³-hybridized carbons (Fsp3) is 0.304. The molecule has 1 aliphatic carbocycles. The number of imide groups is 1. The molecule has 1 saturated carbocycles. The van der Waals surface area contributed by atoms with Crippen molar-refractivity contribution in [2.24, 2.45) is 0 Å². The van der Waals surface area contributed by atoms with E-state index in [1.54, 1.807) is 24.3 Å². The number of ketones is 1. The van der Waals surface area contributed by atoms with Crippen LogP contribution in [0.5, 0.6) is 0 Å². The van der Waals surface area contributed by atoms with Crippen LogP contribution in [0, 0.1) is 0 Å². The molecule has 154 valence electrons. The molecular formula is C23H20ClNO5. The van der Waals surface area contributed by atoms with Gasteiger partial charge >= 0.3 is 5.97 Å². The molecule has 0 aromatic heterocycles. The largest absolute Gasteiger partial charge is 0.454 e. The van der Waals surface area contributed by atoms with E-state index in [1.807, 2.05) is 0 Å². The smallest absolute Gasteiger partial charge is 0.338 e. The molecule has 1 fully saturated rings. The Labute approximate surface area is 178 Å². The first kappa shape index (κ1) is 20.3. The van der Waals surface area contributed by atoms with Gasteiger partial charge in [-0.05, 0) is 55.3 Å². The van der Waals surface area contributed by atoms with Crippen molar-refractivity contribution in [3.05, 3.63) is 69.7 Å². The number of esters is 1. The molecule has 30 heavy (non-hydrogen) atoms. The molecule has 0 N–H and O–H groups in total. The van der Waals surface area contributed by atoms with Gasteiger partial charge in [-0.3, -0.25) is 19.3 Å². The highest BCUT2D eigenvalue weighted by molar-refractivity contribution is 6.30. The van der Waals surface area contributed by atoms with Crippen molar-refractivity contribution < 1.29 is 23.9 Å². The number of hydrogen-bond acceptors (Lipinski definition) is 5. The number of benzene rings is 2. The van der Waals surface area contributed by atoms with Gasteiger partial charge in [0.05, 0.1) is 16.7 Å². The lowest BCUT2D eigenvalue weighted by Crippen LogP contribution is -2.40. The fourth-order valence-corrected chi connectivity index (χ4v) is 4.12. The number of halogens is 1. The molecule has 0 bridgehead atoms. The number of ether oxygens (including phenoxy) is 1. The van der Waals surface area contributed by atoms with Gasteiger partial charge < -0.3 is 4.74 Å². The summed E-state index contributed by atoms with van der Waals surface area (Å²) >= 11 is 5.80. The zero-order valence-electron chi connectivity index (χ0n) is 16.2. The molecule has 7 heteroatoms. The zero-order chi connectivity index (χ0) is 21.3. The van der Waals surface area contributed by atoms with Gasteiger partial charge in [0.2, 0.25) is 0 Å². The van der Waals surface area contributed by atoms with Crippen molar-refractivity contribution in [1.29, 1.82) is 0 Å². The van der Waals surface area contributed by atoms with Gasteiger partial charge in [0.15, 0.2) is 12.4 Å². The first-order chi connectivity index (χ1) is 14.5. The molecule has 0 radical (unpaired) electrons. The molecule has 2 aromatic carbocycles. The molecule has 0 spiro atoms. The highest BCUT2D eigenvalue weighted by atomic mass is 35.5. The Morgan fingerprint density at radius 3 is 2.23 bits per heavy atom. The van der Waals surface area contributed by atoms with Crippen LogP contribution in [-0.4, -0.2) is 41.1 Å². The van der Waals surface area contributed by atoms with Crippen LogP contribution in [0.2, 0.25) is 5.02 Å². The highest BCUT2D eigenvalue weighted by Gasteiger charge is 2.40. The van der Waals surface area contributed by atoms with Crippen LogP contribution >= 0.6 is 11.6 Å². The Kier molecular flexibility index (Phi) is 5.68. The number of rotatable bonds is 5. The van der Waals surface area contributed by atoms with Crippen molar-refractivity contribution in [2.45, 2.75) is 38.1 Å². The highest BCUT2D eigenvalue weighted by Crippen LogP contribution is 2.31. The summed E-state index contributed by atoms with van der Waals surface area (Å²) in [5.74, 6) is -1.76. The van der Waals surface area contributed by atoms with E-state index in [9.17, 15) is 19.2 Å². The lowest BCUT2D eigenvalue weighted by Gasteiger charge is -2.29. The van der Waals surface area contributed by atoms with Crippen LogP contribution in [-0.2, 0) is 4.74 Å². The summed E-state index contributed by atoms with van der Waals surface area (Å²) in [5, 5.41) is 0.503. The minimum absolute atomic E-state index is 0.0847. The number of nitrogens with zero attached hydrogens (tertiary/aromatic N) is 1. The van der Waals surface area contributed by atoms with Gasteiger partial charge in [-0.2, -0.15) is 0 Å². The zero-order valence-corrected chi connectivity index (χ0v) is 17.0. The van der Waals surface area contributed by atoms with Gasteiger partial charge in [0, 0.05) is 16.6 Å². The van der Waals surface area contributed by atoms with Crippen molar-refractivity contribution in [2.75, 3.05) is 6.61 Å². The Hall–Kier alpha value is -2.99. The molecule has 0 saturated heterocycles. The number of carbonyl (C=O) groups is 4. The summed E-state index contributed by atoms with van der Waals surface area (Å²) in [6.45, 7) is -0.432. The monoisotopic (exact) mass is 425 g/mol. The fourth-order valence-electron chi connectivity index (χ4n) is 3.99. The van der Waals surface area contributed by atoms with E-state index in [4.69, 9.17) is 16.3 Å². The van der Waals surface area contributed by atoms with E-state index in [-0.39, 0.29) is 34.8 Å². The molecule has 1 heterocycles. The maximum atomic E-state index is 12.8. The second-order valence-corrected chi connectivity index (χ2v) is 7.98. The SMILES string of the molecule is O=C(COC(=O)c1ccc2c(c1)C(=O)N(C1CCCCC1)C2=O)c1ccc(Cl)cc1. The third-order valence-electron chi connectivity index (χ3n) is 5.59. The van der Waals surface area contributed by atoms with Crippen LogP contribution in [0.3, 0.4) is 0 Å². The molecule has 0 atom stereocenters. The maximum absolute atomic E-state index is 12.8. The van der Waals surface area contributed by atoms with Crippen molar-refractivity contribution >= 4 is 35.2 Å². The summed E-state index contributed by atoms with van der Waals surface area (Å²) in [6.07, 6.45) is 4.74. The number of carbonyl (C=O) groups excluding carboxylic acids is 4. The van der Waals surface area contributed by atoms with Crippen LogP contribution in [0.4, 0.5) is 0 Å². The van der Waals surface area contributed by atoms with Gasteiger partial charge in [0.1, 0.15) is 0 Å². The lowest BCUT2D eigenvalue weighted by molar-refractivity contribution is 0.0474. The summed E-state index contributed by atoms with van der Waals surface area (Å²) in [4.78, 5) is 51.5. The van der Waals surface area contributed by atoms with E-state index in [2.05, 4.69) is 0 Å². The van der Waals surface area contributed by atoms with Gasteiger partial charge in [-0.15, -0.1) is 0 Å². The van der Waals surface area contributed by atoms with Crippen LogP contribution in [0.15, 0.2) is 42.5 Å². The van der Waals surface area contributed by atoms with Gasteiger partial charge in [0.25, 0.3) is 11.8 Å². The maximum Gasteiger partial charge on any atom is 0.338 e. The van der Waals surface area contributed by atoms with E-state index < -0.39 is 12.6 Å². The summed E-state index contributed by atoms with van der Waals surface area (Å²) in [5.41, 5.74) is 1.03. The minimum atomic E-state index is -0.725. The predicted octanol–water partition coefficient (Wildman–Crippen LogP) is 4.31. The predicted molar refractivity (Wildman–Crippen MR) is 110 cm³/mol. The second-order valence-electron chi connectivity index (χ2n) is 7.54. The standard InChI is InChI=1S/C23H20ClNO5/c24-16-9-6-14(7-10-16)20(26)13-30-23(29)15-8-11-18-19(12-15)22(28)25(21(18)27)17-4-2-1-3-5-17/h6-12,17H,1-5,13H2. The number of hydrogen-bond donors (Lipinski definition) is 0. The normalized spacial score (nSPS) is 16.5. The van der Waals surface area contributed by atoms with Crippen molar-refractivity contribution in [3.8, 4) is 0 Å². The topological polar surface area (TPSA) is 80.8 Å². The number of fused-ring (bicyclic) bond motifs is 1. The van der Waals surface area contributed by atoms with Crippen molar-refractivity contribution in [1.82, 2.24) is 4.90 Å². The average Bonchev–Trinajstić information content (AvgIpc) is 3.02. The Morgan fingerprint density at radius 1 is 0.900 bits per heavy atom. The van der Waals surface area contributed by atoms with Crippen LogP contribution < -0.4 is 0 Å². The first-order valence-electron chi connectivity index (χ1n) is 9.93. The quantitative estimate of drug-likeness (QED) is 0.405. The van der Waals surface area contributed by atoms with Crippen LogP contribution in [0.1, 0.15) is 73.5 Å². The molecule has 0 unspecified atom stereocenters. The molecular weight excluding hydrogens is 406 g/mol. The molecule has 2 amide bonds. The van der Waals surface area contributed by atoms with E-state index in [1.165, 1.54) is 23.1 Å². The van der Waals surface area contributed by atoms with Gasteiger partial charge in [-0.25, -0.2) is 4.79 Å². The Balaban J connectivity index is 1.45. The third-order valence-corrected chi connectivity index (χ3v) is 5.85. The third kappa shape index (κ3) is 3.87. The van der Waals surface area contributed by atoms with E-state index in [0.29, 0.717) is 16.1 Å². The Morgan fingerprint density at radius 2 is 1.53 bits per heavy atom.